The van der Waals surface area contributed by atoms with Gasteiger partial charge in [0.25, 0.3) is 5.91 Å². The third-order valence-electron chi connectivity index (χ3n) is 6.03. The Kier molecular flexibility index (Phi) is 5.61. The van der Waals surface area contributed by atoms with Crippen LogP contribution in [0.15, 0.2) is 41.1 Å². The van der Waals surface area contributed by atoms with Crippen LogP contribution in [0.1, 0.15) is 52.1 Å². The third-order valence-corrected chi connectivity index (χ3v) is 6.03. The van der Waals surface area contributed by atoms with Crippen LogP contribution in [0.25, 0.3) is 0 Å². The highest BCUT2D eigenvalue weighted by atomic mass is 19.1. The number of fused-ring (bicyclic) bond motifs is 1. The van der Waals surface area contributed by atoms with E-state index in [9.17, 15) is 9.18 Å². The molecule has 1 N–H and O–H groups in total. The van der Waals surface area contributed by atoms with Crippen LogP contribution in [0.3, 0.4) is 0 Å². The van der Waals surface area contributed by atoms with Crippen LogP contribution in [0.5, 0.6) is 0 Å². The lowest BCUT2D eigenvalue weighted by atomic mass is 9.94. The van der Waals surface area contributed by atoms with Crippen molar-refractivity contribution in [1.82, 2.24) is 14.9 Å². The Morgan fingerprint density at radius 1 is 1.16 bits per heavy atom. The van der Waals surface area contributed by atoms with Crippen molar-refractivity contribution in [3.05, 3.63) is 70.8 Å². The van der Waals surface area contributed by atoms with E-state index in [-0.39, 0.29) is 17.8 Å². The summed E-state index contributed by atoms with van der Waals surface area (Å²) in [4.78, 5) is 23.7. The highest BCUT2D eigenvalue weighted by Crippen LogP contribution is 2.32. The summed E-state index contributed by atoms with van der Waals surface area (Å²) in [7, 11) is 0. The molecule has 1 aliphatic carbocycles. The largest absolute Gasteiger partial charge is 0.465 e. The summed E-state index contributed by atoms with van der Waals surface area (Å²) in [6, 6.07) is 6.65. The number of nitrogens with one attached hydrogen (secondary N) is 1. The number of rotatable bonds is 4. The van der Waals surface area contributed by atoms with E-state index in [1.165, 1.54) is 6.07 Å². The molecule has 0 radical (unpaired) electrons. The van der Waals surface area contributed by atoms with E-state index in [1.807, 2.05) is 24.0 Å². The number of anilines is 2. The fourth-order valence-electron chi connectivity index (χ4n) is 4.42. The quantitative estimate of drug-likeness (QED) is 0.655. The molecule has 1 unspecified atom stereocenters. The van der Waals surface area contributed by atoms with Crippen molar-refractivity contribution in [2.75, 3.05) is 25.0 Å². The van der Waals surface area contributed by atoms with Crippen LogP contribution in [0.2, 0.25) is 0 Å². The summed E-state index contributed by atoms with van der Waals surface area (Å²) >= 11 is 0. The number of aryl methyl sites for hydroxylation is 2. The molecule has 166 valence electrons. The average molecular weight is 436 g/mol. The maximum Gasteiger partial charge on any atom is 0.257 e. The molecule has 1 aliphatic heterocycles. The van der Waals surface area contributed by atoms with Gasteiger partial charge in [-0.1, -0.05) is 0 Å². The number of ether oxygens (including phenoxy) is 1. The van der Waals surface area contributed by atoms with Crippen LogP contribution < -0.4 is 5.32 Å². The molecule has 1 saturated heterocycles. The van der Waals surface area contributed by atoms with E-state index in [2.05, 4.69) is 15.3 Å². The number of amides is 1. The number of morpholine rings is 1. The van der Waals surface area contributed by atoms with Gasteiger partial charge in [0.2, 0.25) is 0 Å². The van der Waals surface area contributed by atoms with Gasteiger partial charge in [-0.15, -0.1) is 0 Å². The minimum atomic E-state index is -0.385. The lowest BCUT2D eigenvalue weighted by Crippen LogP contribution is -2.42. The lowest BCUT2D eigenvalue weighted by molar-refractivity contribution is -0.0248. The molecule has 0 bridgehead atoms. The second-order valence-electron chi connectivity index (χ2n) is 8.21. The number of carbonyl (C=O) groups is 1. The average Bonchev–Trinajstić information content (AvgIpc) is 3.16. The number of carbonyl (C=O) groups excluding carboxylic acids is 1. The van der Waals surface area contributed by atoms with E-state index in [0.717, 1.165) is 60.1 Å². The Balaban J connectivity index is 1.28. The van der Waals surface area contributed by atoms with Gasteiger partial charge in [0, 0.05) is 18.5 Å². The van der Waals surface area contributed by atoms with Crippen LogP contribution in [0, 0.1) is 12.7 Å². The number of pyridine rings is 2. The maximum absolute atomic E-state index is 13.4. The fraction of sp³-hybridized carbons (Fsp3) is 0.375. The highest BCUT2D eigenvalue weighted by Gasteiger charge is 2.32. The SMILES string of the molecule is Cc1oc2c(c1C(=O)N1CCOC(c3ccc(Nc4ccc(F)cn4)cn3)C1)CCCC2. The zero-order chi connectivity index (χ0) is 22.1. The highest BCUT2D eigenvalue weighted by molar-refractivity contribution is 5.97. The molecule has 1 atom stereocenters. The predicted octanol–water partition coefficient (Wildman–Crippen LogP) is 4.35. The van der Waals surface area contributed by atoms with Crippen molar-refractivity contribution < 1.29 is 18.3 Å². The molecule has 2 aliphatic rings. The summed E-state index contributed by atoms with van der Waals surface area (Å²) in [6.45, 7) is 3.32. The topological polar surface area (TPSA) is 80.5 Å². The van der Waals surface area contributed by atoms with Crippen LogP contribution in [-0.4, -0.2) is 40.5 Å². The molecule has 3 aromatic heterocycles. The van der Waals surface area contributed by atoms with Crippen molar-refractivity contribution >= 4 is 17.4 Å². The number of hydrogen-bond acceptors (Lipinski definition) is 6. The third kappa shape index (κ3) is 4.10. The number of hydrogen-bond donors (Lipinski definition) is 1. The fourth-order valence-corrected chi connectivity index (χ4v) is 4.42. The van der Waals surface area contributed by atoms with Crippen molar-refractivity contribution in [1.29, 1.82) is 0 Å². The van der Waals surface area contributed by atoms with Crippen molar-refractivity contribution in [3.63, 3.8) is 0 Å². The zero-order valence-electron chi connectivity index (χ0n) is 17.9. The normalized spacial score (nSPS) is 18.3. The van der Waals surface area contributed by atoms with E-state index in [4.69, 9.17) is 9.15 Å². The van der Waals surface area contributed by atoms with E-state index < -0.39 is 0 Å². The summed E-state index contributed by atoms with van der Waals surface area (Å²) in [5.41, 5.74) is 3.31. The van der Waals surface area contributed by atoms with Crippen LogP contribution in [0.4, 0.5) is 15.9 Å². The summed E-state index contributed by atoms with van der Waals surface area (Å²) in [6.07, 6.45) is 6.56. The standard InChI is InChI=1S/C24H25FN4O3/c1-15-23(18-4-2-3-5-20(18)32-15)24(30)29-10-11-31-21(14-29)19-8-7-17(13-26-19)28-22-9-6-16(25)12-27-22/h6-9,12-13,21H,2-5,10-11,14H2,1H3,(H,27,28). The molecule has 0 aromatic carbocycles. The van der Waals surface area contributed by atoms with E-state index in [1.54, 1.807) is 12.3 Å². The maximum atomic E-state index is 13.4. The number of halogens is 1. The Labute approximate surface area is 185 Å². The summed E-state index contributed by atoms with van der Waals surface area (Å²) in [5.74, 6) is 1.85. The molecule has 7 nitrogen and oxygen atoms in total. The first kappa shape index (κ1) is 20.6. The van der Waals surface area contributed by atoms with Crippen LogP contribution >= 0.6 is 0 Å². The van der Waals surface area contributed by atoms with E-state index >= 15 is 0 Å². The Hall–Kier alpha value is -3.26. The van der Waals surface area contributed by atoms with Gasteiger partial charge in [0.1, 0.15) is 29.3 Å². The van der Waals surface area contributed by atoms with Gasteiger partial charge in [-0.2, -0.15) is 0 Å². The predicted molar refractivity (Wildman–Crippen MR) is 116 cm³/mol. The Morgan fingerprint density at radius 2 is 2.03 bits per heavy atom. The first-order chi connectivity index (χ1) is 15.6. The number of furan rings is 1. The monoisotopic (exact) mass is 436 g/mol. The second kappa shape index (κ2) is 8.70. The summed E-state index contributed by atoms with van der Waals surface area (Å²) in [5, 5.41) is 3.09. The minimum Gasteiger partial charge on any atom is -0.465 e. The molecule has 0 saturated carbocycles. The Bertz CT molecular complexity index is 1110. The van der Waals surface area contributed by atoms with Gasteiger partial charge in [0.05, 0.1) is 42.5 Å². The second-order valence-corrected chi connectivity index (χ2v) is 8.21. The molecular formula is C24H25FN4O3. The van der Waals surface area contributed by atoms with Gasteiger partial charge in [-0.3, -0.25) is 9.78 Å². The van der Waals surface area contributed by atoms with Gasteiger partial charge < -0.3 is 19.4 Å². The van der Waals surface area contributed by atoms with Crippen LogP contribution in [-0.2, 0) is 17.6 Å². The first-order valence-corrected chi connectivity index (χ1v) is 10.9. The molecule has 3 aromatic rings. The first-order valence-electron chi connectivity index (χ1n) is 10.9. The molecule has 32 heavy (non-hydrogen) atoms. The van der Waals surface area contributed by atoms with Crippen molar-refractivity contribution in [2.24, 2.45) is 0 Å². The van der Waals surface area contributed by atoms with Gasteiger partial charge >= 0.3 is 0 Å². The minimum absolute atomic E-state index is 0.0170. The van der Waals surface area contributed by atoms with Gasteiger partial charge in [0.15, 0.2) is 0 Å². The zero-order valence-corrected chi connectivity index (χ0v) is 17.9. The molecular weight excluding hydrogens is 411 g/mol. The van der Waals surface area contributed by atoms with Crippen molar-refractivity contribution in [2.45, 2.75) is 38.7 Å². The molecule has 1 amide bonds. The molecule has 5 rings (SSSR count). The van der Waals surface area contributed by atoms with Gasteiger partial charge in [-0.25, -0.2) is 9.37 Å². The summed E-state index contributed by atoms with van der Waals surface area (Å²) < 4.78 is 24.8. The molecule has 8 heteroatoms. The molecule has 0 spiro atoms. The van der Waals surface area contributed by atoms with Crippen molar-refractivity contribution in [3.8, 4) is 0 Å². The lowest BCUT2D eigenvalue weighted by Gasteiger charge is -2.33. The number of nitrogens with zero attached hydrogens (tertiary/aromatic N) is 3. The molecule has 4 heterocycles. The van der Waals surface area contributed by atoms with E-state index in [0.29, 0.717) is 31.3 Å². The Morgan fingerprint density at radius 3 is 2.81 bits per heavy atom. The number of aromatic nitrogens is 2. The molecule has 1 fully saturated rings. The smallest absolute Gasteiger partial charge is 0.257 e. The van der Waals surface area contributed by atoms with Gasteiger partial charge in [-0.05, 0) is 50.5 Å².